The molecule has 0 bridgehead atoms. The van der Waals surface area contributed by atoms with Gasteiger partial charge in [-0.15, -0.1) is 0 Å². The van der Waals surface area contributed by atoms with E-state index in [0.29, 0.717) is 49.8 Å². The van der Waals surface area contributed by atoms with Gasteiger partial charge in [-0.05, 0) is 83.1 Å². The predicted octanol–water partition coefficient (Wildman–Crippen LogP) is 6.46. The Morgan fingerprint density at radius 3 is 2.42 bits per heavy atom. The van der Waals surface area contributed by atoms with Crippen LogP contribution in [0.5, 0.6) is 11.6 Å². The van der Waals surface area contributed by atoms with E-state index in [1.165, 1.54) is 11.1 Å². The Bertz CT molecular complexity index is 2020. The molecule has 0 spiro atoms. The second kappa shape index (κ2) is 16.2. The van der Waals surface area contributed by atoms with Crippen LogP contribution in [-0.2, 0) is 33.9 Å². The Morgan fingerprint density at radius 2 is 1.75 bits per heavy atom. The number of fused-ring (bicyclic) bond motifs is 3. The van der Waals surface area contributed by atoms with Crippen molar-refractivity contribution in [2.24, 2.45) is 29.1 Å². The lowest BCUT2D eigenvalue weighted by atomic mass is 9.82. The number of amides is 2. The number of esters is 1. The summed E-state index contributed by atoms with van der Waals surface area (Å²) in [6, 6.07) is 6.13. The second-order valence-corrected chi connectivity index (χ2v) is 18.8. The molecule has 7 atom stereocenters. The zero-order valence-corrected chi connectivity index (χ0v) is 33.8. The smallest absolute Gasteiger partial charge is 0.427 e. The minimum Gasteiger partial charge on any atom is -0.492 e. The maximum absolute atomic E-state index is 14.8. The summed E-state index contributed by atoms with van der Waals surface area (Å²) in [5.74, 6) is -4.36. The van der Waals surface area contributed by atoms with E-state index < -0.39 is 92.4 Å². The number of pyridine rings is 1. The van der Waals surface area contributed by atoms with Gasteiger partial charge in [0.1, 0.15) is 11.9 Å². The predicted molar refractivity (Wildman–Crippen MR) is 203 cm³/mol. The zero-order chi connectivity index (χ0) is 41.5. The number of aromatic nitrogens is 1. The average Bonchev–Trinajstić information content (AvgIpc) is 4.06. The first-order valence-electron chi connectivity index (χ1n) is 19.8. The Labute approximate surface area is 331 Å². The molecule has 1 N–H and O–H groups in total. The highest BCUT2D eigenvalue weighted by Crippen LogP contribution is 2.57. The minimum atomic E-state index is -4.86. The first-order chi connectivity index (χ1) is 26.8. The van der Waals surface area contributed by atoms with E-state index in [1.54, 1.807) is 19.1 Å². The summed E-state index contributed by atoms with van der Waals surface area (Å²) >= 11 is 0. The molecule has 6 rings (SSSR count). The average molecular weight is 820 g/mol. The molecule has 2 amide bonds. The Morgan fingerprint density at radius 1 is 1.05 bits per heavy atom. The number of carbonyl (C=O) groups excluding carboxylic acids is 4. The van der Waals surface area contributed by atoms with Crippen LogP contribution in [0.2, 0.25) is 0 Å². The lowest BCUT2D eigenvalue weighted by Gasteiger charge is -2.33. The second-order valence-electron chi connectivity index (χ2n) is 16.8. The van der Waals surface area contributed by atoms with Crippen LogP contribution in [0.15, 0.2) is 42.6 Å². The van der Waals surface area contributed by atoms with Crippen molar-refractivity contribution in [2.45, 2.75) is 122 Å². The Balaban J connectivity index is 1.35. The van der Waals surface area contributed by atoms with Crippen LogP contribution in [0.1, 0.15) is 92.4 Å². The maximum Gasteiger partial charge on any atom is 0.427 e. The van der Waals surface area contributed by atoms with Gasteiger partial charge in [0.15, 0.2) is 5.78 Å². The van der Waals surface area contributed by atoms with Gasteiger partial charge in [-0.1, -0.05) is 44.2 Å². The lowest BCUT2D eigenvalue weighted by Crippen LogP contribution is -2.48. The van der Waals surface area contributed by atoms with Crippen molar-refractivity contribution < 1.29 is 55.0 Å². The third-order valence-corrected chi connectivity index (χ3v) is 13.7. The molecular weight excluding hydrogens is 768 g/mol. The molecule has 1 saturated heterocycles. The van der Waals surface area contributed by atoms with Crippen LogP contribution in [0.25, 0.3) is 10.8 Å². The molecular formula is C41H52F3N3O9S. The number of sulfonamides is 1. The summed E-state index contributed by atoms with van der Waals surface area (Å²) in [5.41, 5.74) is -4.17. The Kier molecular flexibility index (Phi) is 12.1. The molecule has 312 valence electrons. The van der Waals surface area contributed by atoms with E-state index in [1.807, 2.05) is 38.1 Å². The Hall–Kier alpha value is -4.21. The van der Waals surface area contributed by atoms with E-state index in [-0.39, 0.29) is 37.6 Å². The summed E-state index contributed by atoms with van der Waals surface area (Å²) in [7, 11) is -3.93. The molecule has 16 heteroatoms. The standard InChI is InChI=1S/C41H52F3N3O9S/c1-6-54-34-22-45-36(30-14-10-9-13-29(30)34)55-27-18-32-33(48)21-40(38(51)46-57(52,53)28-15-16-28)20-26(40)12-8-7-11-24(2)17-25(3)31(37(50)47(32)23-27)19-35(49)56-39(4,5)41(42,43)44/h8-10,12-14,22,24-28,31-32H,6-7,11,15-21,23H2,1-5H3,(H,46,51)/b12-8-/t24-,25+,26+,27+,31-,32-,40+/m0/s1. The van der Waals surface area contributed by atoms with Gasteiger partial charge in [-0.3, -0.25) is 23.9 Å². The highest BCUT2D eigenvalue weighted by atomic mass is 32.2. The number of nitrogens with one attached hydrogen (secondary N) is 1. The summed E-state index contributed by atoms with van der Waals surface area (Å²) < 4.78 is 86.4. The molecule has 2 saturated carbocycles. The van der Waals surface area contributed by atoms with Crippen molar-refractivity contribution in [1.29, 1.82) is 0 Å². The van der Waals surface area contributed by atoms with Gasteiger partial charge in [0.25, 0.3) is 0 Å². The number of allylic oxidation sites excluding steroid dienone is 2. The van der Waals surface area contributed by atoms with Gasteiger partial charge in [-0.25, -0.2) is 13.4 Å². The van der Waals surface area contributed by atoms with Crippen molar-refractivity contribution >= 4 is 44.4 Å². The molecule has 0 radical (unpaired) electrons. The number of carbonyl (C=O) groups is 4. The van der Waals surface area contributed by atoms with Gasteiger partial charge in [0.2, 0.25) is 33.3 Å². The van der Waals surface area contributed by atoms with E-state index in [2.05, 4.69) is 9.71 Å². The van der Waals surface area contributed by atoms with Crippen LogP contribution in [0.4, 0.5) is 13.2 Å². The monoisotopic (exact) mass is 819 g/mol. The molecule has 2 aliphatic carbocycles. The molecule has 1 aromatic heterocycles. The van der Waals surface area contributed by atoms with Gasteiger partial charge >= 0.3 is 12.1 Å². The molecule has 3 heterocycles. The number of halogens is 3. The quantitative estimate of drug-likeness (QED) is 0.209. The van der Waals surface area contributed by atoms with Crippen LogP contribution in [0.3, 0.4) is 0 Å². The van der Waals surface area contributed by atoms with E-state index in [0.717, 1.165) is 19.2 Å². The molecule has 2 aliphatic heterocycles. The number of hydrogen-bond donors (Lipinski definition) is 1. The maximum atomic E-state index is 14.8. The molecule has 3 fully saturated rings. The van der Waals surface area contributed by atoms with Crippen molar-refractivity contribution in [3.05, 3.63) is 42.6 Å². The van der Waals surface area contributed by atoms with Crippen molar-refractivity contribution in [3.63, 3.8) is 0 Å². The topological polar surface area (TPSA) is 158 Å². The fourth-order valence-corrected chi connectivity index (χ4v) is 9.60. The van der Waals surface area contributed by atoms with Gasteiger partial charge in [-0.2, -0.15) is 13.2 Å². The number of ketones is 1. The summed E-state index contributed by atoms with van der Waals surface area (Å²) in [5, 5.41) is 0.696. The fourth-order valence-electron chi connectivity index (χ4n) is 8.21. The number of hydrogen-bond acceptors (Lipinski definition) is 10. The number of ether oxygens (including phenoxy) is 3. The van der Waals surface area contributed by atoms with Crippen LogP contribution in [-0.4, -0.2) is 84.2 Å². The third-order valence-electron chi connectivity index (χ3n) is 11.9. The van der Waals surface area contributed by atoms with Crippen molar-refractivity contribution in [3.8, 4) is 11.6 Å². The third kappa shape index (κ3) is 9.25. The molecule has 57 heavy (non-hydrogen) atoms. The van der Waals surface area contributed by atoms with Crippen LogP contribution >= 0.6 is 0 Å². The van der Waals surface area contributed by atoms with Gasteiger partial charge in [0.05, 0.1) is 48.4 Å². The number of nitrogens with zero attached hydrogens (tertiary/aromatic N) is 2. The number of Topliss-reactive ketones (excluding diaryl/α,β-unsaturated/α-hetero) is 1. The lowest BCUT2D eigenvalue weighted by molar-refractivity contribution is -0.257. The number of alkyl halides is 3. The highest BCUT2D eigenvalue weighted by Gasteiger charge is 2.62. The number of benzene rings is 1. The fraction of sp³-hybridized carbons (Fsp3) is 0.634. The molecule has 1 aromatic carbocycles. The summed E-state index contributed by atoms with van der Waals surface area (Å²) in [4.78, 5) is 62.3. The highest BCUT2D eigenvalue weighted by molar-refractivity contribution is 7.90. The minimum absolute atomic E-state index is 0.0184. The van der Waals surface area contributed by atoms with E-state index in [4.69, 9.17) is 14.2 Å². The zero-order valence-electron chi connectivity index (χ0n) is 33.0. The van der Waals surface area contributed by atoms with Gasteiger partial charge in [0, 0.05) is 23.6 Å². The summed E-state index contributed by atoms with van der Waals surface area (Å²) in [6.07, 6.45) is 1.43. The van der Waals surface area contributed by atoms with E-state index >= 15 is 0 Å². The van der Waals surface area contributed by atoms with Crippen molar-refractivity contribution in [1.82, 2.24) is 14.6 Å². The summed E-state index contributed by atoms with van der Waals surface area (Å²) in [6.45, 7) is 7.35. The molecule has 4 aliphatic rings. The molecule has 0 unspecified atom stereocenters. The number of rotatable bonds is 10. The SMILES string of the molecule is CCOc1cnc(O[C@@H]2C[C@H]3C(=O)C[C@]4(C(=O)NS(=O)(=O)C5CC5)C[C@H]4/C=C\CC[C@H](C)C[C@@H](C)[C@H](CC(=O)OC(C)(C)C(F)(F)F)C(=O)N3C2)c2ccccc12. The first-order valence-corrected chi connectivity index (χ1v) is 21.3. The molecule has 12 nitrogen and oxygen atoms in total. The van der Waals surface area contributed by atoms with Crippen LogP contribution < -0.4 is 14.2 Å². The van der Waals surface area contributed by atoms with Gasteiger partial charge < -0.3 is 19.1 Å². The first kappa shape index (κ1) is 42.4. The largest absolute Gasteiger partial charge is 0.492 e. The molecule has 2 aromatic rings. The van der Waals surface area contributed by atoms with Crippen molar-refractivity contribution in [2.75, 3.05) is 13.2 Å². The normalized spacial score (nSPS) is 29.4. The van der Waals surface area contributed by atoms with Crippen LogP contribution in [0, 0.1) is 29.1 Å². The van der Waals surface area contributed by atoms with E-state index in [9.17, 15) is 40.8 Å².